The number of carbonyl (C=O) groups excluding carboxylic acids is 1. The predicted octanol–water partition coefficient (Wildman–Crippen LogP) is 3.20. The Labute approximate surface area is 86.6 Å². The van der Waals surface area contributed by atoms with Crippen LogP contribution < -0.4 is 0 Å². The van der Waals surface area contributed by atoms with Gasteiger partial charge in [-0.05, 0) is 24.7 Å². The van der Waals surface area contributed by atoms with Gasteiger partial charge >= 0.3 is 0 Å². The van der Waals surface area contributed by atoms with E-state index in [2.05, 4.69) is 33.8 Å². The lowest BCUT2D eigenvalue weighted by Crippen LogP contribution is -2.46. The van der Waals surface area contributed by atoms with Crippen LogP contribution >= 0.6 is 0 Å². The molecule has 0 spiro atoms. The number of fused-ring (bicyclic) bond motifs is 2. The van der Waals surface area contributed by atoms with Gasteiger partial charge < -0.3 is 0 Å². The molecule has 2 bridgehead atoms. The Bertz CT molecular complexity index is 296. The summed E-state index contributed by atoms with van der Waals surface area (Å²) in [7, 11) is 0. The molecule has 0 aliphatic heterocycles. The van der Waals surface area contributed by atoms with E-state index in [-0.39, 0.29) is 11.3 Å². The molecule has 3 rings (SSSR count). The predicted molar refractivity (Wildman–Crippen MR) is 57.9 cm³/mol. The largest absolute Gasteiger partial charge is 0.298 e. The number of Topliss-reactive ketones (excluding diaryl/α,β-unsaturated/α-hetero) is 1. The van der Waals surface area contributed by atoms with Gasteiger partial charge in [-0.1, -0.05) is 39.3 Å². The second-order valence-electron chi connectivity index (χ2n) is 5.64. The summed E-state index contributed by atoms with van der Waals surface area (Å²) in [5, 5.41) is 0. The van der Waals surface area contributed by atoms with Crippen LogP contribution in [-0.4, -0.2) is 5.78 Å². The first-order valence-electron chi connectivity index (χ1n) is 5.70. The third-order valence-electron chi connectivity index (χ3n) is 4.11. The van der Waals surface area contributed by atoms with Crippen molar-refractivity contribution in [2.24, 2.45) is 23.2 Å². The Morgan fingerprint density at radius 2 is 2.00 bits per heavy atom. The van der Waals surface area contributed by atoms with E-state index in [0.29, 0.717) is 17.6 Å². The standard InChI is InChI=1S/C13H20O/c1-8(2)11-7-9-5-6-10(11)12(14)13(9,3)4/h7-10H,5-6H2,1-4H3. The van der Waals surface area contributed by atoms with Crippen LogP contribution in [0.4, 0.5) is 0 Å². The molecular weight excluding hydrogens is 172 g/mol. The van der Waals surface area contributed by atoms with Gasteiger partial charge in [0.1, 0.15) is 5.78 Å². The summed E-state index contributed by atoms with van der Waals surface area (Å²) in [6.07, 6.45) is 4.69. The van der Waals surface area contributed by atoms with Crippen molar-refractivity contribution in [2.45, 2.75) is 40.5 Å². The van der Waals surface area contributed by atoms with Crippen molar-refractivity contribution in [1.29, 1.82) is 0 Å². The summed E-state index contributed by atoms with van der Waals surface area (Å²) in [6, 6.07) is 0. The molecule has 14 heavy (non-hydrogen) atoms. The maximum atomic E-state index is 12.2. The van der Waals surface area contributed by atoms with Crippen LogP contribution in [0.2, 0.25) is 0 Å². The van der Waals surface area contributed by atoms with Crippen molar-refractivity contribution in [3.63, 3.8) is 0 Å². The molecule has 1 saturated carbocycles. The molecule has 0 aromatic carbocycles. The smallest absolute Gasteiger partial charge is 0.146 e. The maximum Gasteiger partial charge on any atom is 0.146 e. The normalized spacial score (nSPS) is 34.9. The molecule has 0 amide bonds. The highest BCUT2D eigenvalue weighted by atomic mass is 16.1. The van der Waals surface area contributed by atoms with Crippen molar-refractivity contribution in [2.75, 3.05) is 0 Å². The fourth-order valence-corrected chi connectivity index (χ4v) is 3.02. The summed E-state index contributed by atoms with van der Waals surface area (Å²) in [5.41, 5.74) is 1.31. The van der Waals surface area contributed by atoms with E-state index >= 15 is 0 Å². The molecule has 78 valence electrons. The summed E-state index contributed by atoms with van der Waals surface area (Å²) in [5.74, 6) is 1.77. The average molecular weight is 192 g/mol. The molecule has 2 unspecified atom stereocenters. The summed E-state index contributed by atoms with van der Waals surface area (Å²) in [6.45, 7) is 8.62. The lowest BCUT2D eigenvalue weighted by Gasteiger charge is -2.46. The van der Waals surface area contributed by atoms with Crippen molar-refractivity contribution in [3.05, 3.63) is 11.6 Å². The summed E-state index contributed by atoms with van der Waals surface area (Å²) >= 11 is 0. The van der Waals surface area contributed by atoms with E-state index in [4.69, 9.17) is 0 Å². The molecule has 1 fully saturated rings. The van der Waals surface area contributed by atoms with Crippen LogP contribution in [-0.2, 0) is 4.79 Å². The Morgan fingerprint density at radius 1 is 1.36 bits per heavy atom. The van der Waals surface area contributed by atoms with Gasteiger partial charge in [0.25, 0.3) is 0 Å². The number of allylic oxidation sites excluding steroid dienone is 2. The molecule has 3 aliphatic carbocycles. The Balaban J connectivity index is 2.41. The van der Waals surface area contributed by atoms with Gasteiger partial charge in [-0.15, -0.1) is 0 Å². The van der Waals surface area contributed by atoms with Crippen molar-refractivity contribution in [1.82, 2.24) is 0 Å². The molecule has 1 heteroatoms. The van der Waals surface area contributed by atoms with E-state index in [1.807, 2.05) is 0 Å². The topological polar surface area (TPSA) is 17.1 Å². The lowest BCUT2D eigenvalue weighted by molar-refractivity contribution is -0.136. The van der Waals surface area contributed by atoms with E-state index < -0.39 is 0 Å². The van der Waals surface area contributed by atoms with Crippen LogP contribution in [0.15, 0.2) is 11.6 Å². The molecule has 0 radical (unpaired) electrons. The third-order valence-corrected chi connectivity index (χ3v) is 4.11. The average Bonchev–Trinajstić information content (AvgIpc) is 2.13. The first-order valence-corrected chi connectivity index (χ1v) is 5.70. The molecule has 0 heterocycles. The van der Waals surface area contributed by atoms with Crippen molar-refractivity contribution in [3.8, 4) is 0 Å². The second kappa shape index (κ2) is 2.95. The van der Waals surface area contributed by atoms with Crippen molar-refractivity contribution >= 4 is 5.78 Å². The number of carbonyl (C=O) groups is 1. The second-order valence-corrected chi connectivity index (χ2v) is 5.64. The molecular formula is C13H20O. The number of ketones is 1. The number of hydrogen-bond donors (Lipinski definition) is 0. The van der Waals surface area contributed by atoms with Crippen LogP contribution in [0.1, 0.15) is 40.5 Å². The van der Waals surface area contributed by atoms with Gasteiger partial charge in [-0.2, -0.15) is 0 Å². The fraction of sp³-hybridized carbons (Fsp3) is 0.769. The zero-order chi connectivity index (χ0) is 10.5. The Hall–Kier alpha value is -0.590. The maximum absolute atomic E-state index is 12.2. The first-order chi connectivity index (χ1) is 6.44. The molecule has 1 nitrogen and oxygen atoms in total. The minimum atomic E-state index is -0.0959. The fourth-order valence-electron chi connectivity index (χ4n) is 3.02. The monoisotopic (exact) mass is 192 g/mol. The summed E-state index contributed by atoms with van der Waals surface area (Å²) in [4.78, 5) is 12.2. The van der Waals surface area contributed by atoms with Crippen molar-refractivity contribution < 1.29 is 4.79 Å². The van der Waals surface area contributed by atoms with Gasteiger partial charge in [0.2, 0.25) is 0 Å². The van der Waals surface area contributed by atoms with Crippen LogP contribution in [0.5, 0.6) is 0 Å². The Morgan fingerprint density at radius 3 is 2.50 bits per heavy atom. The Kier molecular flexibility index (Phi) is 2.09. The zero-order valence-electron chi connectivity index (χ0n) is 9.63. The molecule has 3 aliphatic rings. The molecule has 0 aromatic heterocycles. The van der Waals surface area contributed by atoms with E-state index in [1.165, 1.54) is 12.0 Å². The van der Waals surface area contributed by atoms with Gasteiger partial charge in [0, 0.05) is 11.3 Å². The van der Waals surface area contributed by atoms with Gasteiger partial charge in [0.05, 0.1) is 0 Å². The zero-order valence-corrected chi connectivity index (χ0v) is 9.63. The van der Waals surface area contributed by atoms with Gasteiger partial charge in [0.15, 0.2) is 0 Å². The summed E-state index contributed by atoms with van der Waals surface area (Å²) < 4.78 is 0. The van der Waals surface area contributed by atoms with Crippen LogP contribution in [0.25, 0.3) is 0 Å². The number of rotatable bonds is 1. The minimum absolute atomic E-state index is 0.0959. The van der Waals surface area contributed by atoms with Crippen LogP contribution in [0.3, 0.4) is 0 Å². The SMILES string of the molecule is CC(C)C1=CC2CCC1C(=O)C2(C)C. The third kappa shape index (κ3) is 1.18. The highest BCUT2D eigenvalue weighted by Crippen LogP contribution is 2.50. The quantitative estimate of drug-likeness (QED) is 0.583. The van der Waals surface area contributed by atoms with Gasteiger partial charge in [-0.3, -0.25) is 4.79 Å². The van der Waals surface area contributed by atoms with E-state index in [1.54, 1.807) is 0 Å². The minimum Gasteiger partial charge on any atom is -0.298 e. The highest BCUT2D eigenvalue weighted by molar-refractivity contribution is 5.91. The lowest BCUT2D eigenvalue weighted by atomic mass is 9.56. The highest BCUT2D eigenvalue weighted by Gasteiger charge is 2.48. The van der Waals surface area contributed by atoms with E-state index in [0.717, 1.165) is 6.42 Å². The molecule has 0 N–H and O–H groups in total. The van der Waals surface area contributed by atoms with Gasteiger partial charge in [-0.25, -0.2) is 0 Å². The molecule has 0 aromatic rings. The first kappa shape index (κ1) is 9.95. The molecule has 0 saturated heterocycles. The van der Waals surface area contributed by atoms with Crippen LogP contribution in [0, 0.1) is 23.2 Å². The number of hydrogen-bond acceptors (Lipinski definition) is 1. The molecule has 2 atom stereocenters. The van der Waals surface area contributed by atoms with E-state index in [9.17, 15) is 4.79 Å².